The van der Waals surface area contributed by atoms with Gasteiger partial charge in [0.25, 0.3) is 0 Å². The minimum atomic E-state index is -4.49. The summed E-state index contributed by atoms with van der Waals surface area (Å²) in [6.07, 6.45) is -1.87. The Kier molecular flexibility index (Phi) is 2.18. The topological polar surface area (TPSA) is 50.2 Å². The summed E-state index contributed by atoms with van der Waals surface area (Å²) in [5, 5.41) is 8.94. The molecule has 1 N–H and O–H groups in total. The van der Waals surface area contributed by atoms with Crippen molar-refractivity contribution in [3.63, 3.8) is 0 Å². The number of hydrogen-bond donors (Lipinski definition) is 1. The Bertz CT molecular complexity index is 438. The van der Waals surface area contributed by atoms with E-state index in [9.17, 15) is 18.0 Å². The SMILES string of the molecule is O=C(O)C1(c2cncc(C(F)(F)F)c2)CC1. The highest BCUT2D eigenvalue weighted by Gasteiger charge is 2.52. The number of carbonyl (C=O) groups is 1. The smallest absolute Gasteiger partial charge is 0.417 e. The van der Waals surface area contributed by atoms with Crippen LogP contribution in [0, 0.1) is 0 Å². The lowest BCUT2D eigenvalue weighted by molar-refractivity contribution is -0.141. The normalized spacial score (nSPS) is 18.2. The zero-order valence-electron chi connectivity index (χ0n) is 8.08. The highest BCUT2D eigenvalue weighted by atomic mass is 19.4. The lowest BCUT2D eigenvalue weighted by Gasteiger charge is -2.12. The van der Waals surface area contributed by atoms with Gasteiger partial charge in [-0.15, -0.1) is 0 Å². The Morgan fingerprint density at radius 2 is 2.00 bits per heavy atom. The molecular formula is C10H8F3NO2. The number of halogens is 3. The van der Waals surface area contributed by atoms with E-state index in [2.05, 4.69) is 4.98 Å². The van der Waals surface area contributed by atoms with Gasteiger partial charge >= 0.3 is 12.1 Å². The van der Waals surface area contributed by atoms with Gasteiger partial charge in [-0.05, 0) is 24.5 Å². The number of carboxylic acids is 1. The molecule has 0 radical (unpaired) electrons. The van der Waals surface area contributed by atoms with E-state index in [1.807, 2.05) is 0 Å². The number of pyridine rings is 1. The molecule has 1 aliphatic rings. The molecule has 0 aliphatic heterocycles. The van der Waals surface area contributed by atoms with Crippen LogP contribution in [-0.2, 0) is 16.4 Å². The molecule has 1 aromatic rings. The van der Waals surface area contributed by atoms with E-state index < -0.39 is 23.1 Å². The Morgan fingerprint density at radius 3 is 2.44 bits per heavy atom. The van der Waals surface area contributed by atoms with Gasteiger partial charge in [-0.1, -0.05) is 0 Å². The first kappa shape index (κ1) is 10.9. The van der Waals surface area contributed by atoms with Crippen LogP contribution in [0.25, 0.3) is 0 Å². The fraction of sp³-hybridized carbons (Fsp3) is 0.400. The van der Waals surface area contributed by atoms with Crippen molar-refractivity contribution in [2.45, 2.75) is 24.4 Å². The second-order valence-corrected chi connectivity index (χ2v) is 3.85. The summed E-state index contributed by atoms with van der Waals surface area (Å²) in [6.45, 7) is 0. The molecule has 6 heteroatoms. The van der Waals surface area contributed by atoms with Crippen LogP contribution in [0.1, 0.15) is 24.0 Å². The Labute approximate surface area is 88.9 Å². The summed E-state index contributed by atoms with van der Waals surface area (Å²) in [6, 6.07) is 0.869. The highest BCUT2D eigenvalue weighted by molar-refractivity contribution is 5.84. The number of rotatable bonds is 2. The molecule has 86 valence electrons. The monoisotopic (exact) mass is 231 g/mol. The van der Waals surface area contributed by atoms with E-state index >= 15 is 0 Å². The molecule has 0 atom stereocenters. The fourth-order valence-corrected chi connectivity index (χ4v) is 1.61. The zero-order valence-corrected chi connectivity index (χ0v) is 8.08. The van der Waals surface area contributed by atoms with Gasteiger partial charge in [0.2, 0.25) is 0 Å². The number of aliphatic carboxylic acids is 1. The van der Waals surface area contributed by atoms with Gasteiger partial charge in [-0.2, -0.15) is 13.2 Å². The third-order valence-electron chi connectivity index (χ3n) is 2.78. The molecule has 0 saturated heterocycles. The molecule has 0 unspecified atom stereocenters. The Balaban J connectivity index is 2.41. The average molecular weight is 231 g/mol. The lowest BCUT2D eigenvalue weighted by atomic mass is 9.97. The molecule has 1 fully saturated rings. The molecule has 16 heavy (non-hydrogen) atoms. The van der Waals surface area contributed by atoms with Crippen LogP contribution in [0.15, 0.2) is 18.5 Å². The Hall–Kier alpha value is -1.59. The van der Waals surface area contributed by atoms with E-state index in [4.69, 9.17) is 5.11 Å². The number of aromatic nitrogens is 1. The highest BCUT2D eigenvalue weighted by Crippen LogP contribution is 2.48. The number of hydrogen-bond acceptors (Lipinski definition) is 2. The van der Waals surface area contributed by atoms with Crippen LogP contribution < -0.4 is 0 Å². The third kappa shape index (κ3) is 1.64. The Morgan fingerprint density at radius 1 is 1.38 bits per heavy atom. The minimum absolute atomic E-state index is 0.134. The van der Waals surface area contributed by atoms with Crippen LogP contribution in [0.3, 0.4) is 0 Å². The molecule has 1 saturated carbocycles. The van der Waals surface area contributed by atoms with Gasteiger partial charge in [0.15, 0.2) is 0 Å². The minimum Gasteiger partial charge on any atom is -0.481 e. The van der Waals surface area contributed by atoms with Crippen molar-refractivity contribution in [1.29, 1.82) is 0 Å². The summed E-state index contributed by atoms with van der Waals surface area (Å²) >= 11 is 0. The molecule has 3 nitrogen and oxygen atoms in total. The van der Waals surface area contributed by atoms with Gasteiger partial charge in [0.1, 0.15) is 0 Å². The van der Waals surface area contributed by atoms with E-state index in [0.717, 1.165) is 6.07 Å². The summed E-state index contributed by atoms with van der Waals surface area (Å²) in [5.41, 5.74) is -1.92. The maximum atomic E-state index is 12.4. The second kappa shape index (κ2) is 3.20. The standard InChI is InChI=1S/C10H8F3NO2/c11-10(12,13)7-3-6(4-14-5-7)9(1-2-9)8(15)16/h3-5H,1-2H2,(H,15,16). The average Bonchev–Trinajstić information content (AvgIpc) is 2.97. The summed E-state index contributed by atoms with van der Waals surface area (Å²) < 4.78 is 37.2. The molecule has 0 spiro atoms. The largest absolute Gasteiger partial charge is 0.481 e. The van der Waals surface area contributed by atoms with Crippen LogP contribution >= 0.6 is 0 Å². The van der Waals surface area contributed by atoms with Crippen molar-refractivity contribution in [3.05, 3.63) is 29.6 Å². The van der Waals surface area contributed by atoms with E-state index in [1.54, 1.807) is 0 Å². The molecular weight excluding hydrogens is 223 g/mol. The number of nitrogens with zero attached hydrogens (tertiary/aromatic N) is 1. The summed E-state index contributed by atoms with van der Waals surface area (Å²) in [4.78, 5) is 14.4. The van der Waals surface area contributed by atoms with E-state index in [1.165, 1.54) is 6.20 Å². The van der Waals surface area contributed by atoms with Crippen molar-refractivity contribution in [2.24, 2.45) is 0 Å². The molecule has 0 amide bonds. The fourth-order valence-electron chi connectivity index (χ4n) is 1.61. The predicted octanol–water partition coefficient (Wildman–Crippen LogP) is 2.22. The summed E-state index contributed by atoms with van der Waals surface area (Å²) in [7, 11) is 0. The first-order chi connectivity index (χ1) is 7.36. The lowest BCUT2D eigenvalue weighted by Crippen LogP contribution is -2.20. The van der Waals surface area contributed by atoms with Gasteiger partial charge in [-0.25, -0.2) is 0 Å². The third-order valence-corrected chi connectivity index (χ3v) is 2.78. The number of carboxylic acid groups (broad SMARTS) is 1. The van der Waals surface area contributed by atoms with Crippen molar-refractivity contribution in [2.75, 3.05) is 0 Å². The molecule has 1 aliphatic carbocycles. The number of alkyl halides is 3. The van der Waals surface area contributed by atoms with Gasteiger partial charge in [0.05, 0.1) is 11.0 Å². The van der Waals surface area contributed by atoms with Gasteiger partial charge < -0.3 is 5.11 Å². The van der Waals surface area contributed by atoms with Crippen molar-refractivity contribution >= 4 is 5.97 Å². The van der Waals surface area contributed by atoms with Crippen molar-refractivity contribution in [3.8, 4) is 0 Å². The maximum Gasteiger partial charge on any atom is 0.417 e. The van der Waals surface area contributed by atoms with Gasteiger partial charge in [0, 0.05) is 12.4 Å². The second-order valence-electron chi connectivity index (χ2n) is 3.85. The summed E-state index contributed by atoms with van der Waals surface area (Å²) in [5.74, 6) is -1.09. The van der Waals surface area contributed by atoms with Crippen molar-refractivity contribution < 1.29 is 23.1 Å². The first-order valence-corrected chi connectivity index (χ1v) is 4.62. The first-order valence-electron chi connectivity index (χ1n) is 4.62. The zero-order chi connectivity index (χ0) is 12.0. The molecule has 0 aromatic carbocycles. The molecule has 1 aromatic heterocycles. The molecule has 0 bridgehead atoms. The molecule has 2 rings (SSSR count). The van der Waals surface area contributed by atoms with Gasteiger partial charge in [-0.3, -0.25) is 9.78 Å². The quantitative estimate of drug-likeness (QED) is 0.848. The predicted molar refractivity (Wildman–Crippen MR) is 47.8 cm³/mol. The van der Waals surface area contributed by atoms with Crippen LogP contribution in [0.4, 0.5) is 13.2 Å². The van der Waals surface area contributed by atoms with Crippen LogP contribution in [-0.4, -0.2) is 16.1 Å². The van der Waals surface area contributed by atoms with E-state index in [0.29, 0.717) is 19.0 Å². The van der Waals surface area contributed by atoms with Crippen LogP contribution in [0.5, 0.6) is 0 Å². The maximum absolute atomic E-state index is 12.4. The van der Waals surface area contributed by atoms with E-state index in [-0.39, 0.29) is 5.56 Å². The molecule has 1 heterocycles. The van der Waals surface area contributed by atoms with Crippen molar-refractivity contribution in [1.82, 2.24) is 4.98 Å². The van der Waals surface area contributed by atoms with Crippen LogP contribution in [0.2, 0.25) is 0 Å².